The van der Waals surface area contributed by atoms with Gasteiger partial charge in [0, 0.05) is 26.2 Å². The summed E-state index contributed by atoms with van der Waals surface area (Å²) < 4.78 is 6.01. The van der Waals surface area contributed by atoms with E-state index in [9.17, 15) is 9.59 Å². The van der Waals surface area contributed by atoms with E-state index in [1.165, 1.54) is 4.90 Å². The van der Waals surface area contributed by atoms with Crippen LogP contribution in [0.5, 0.6) is 11.5 Å². The van der Waals surface area contributed by atoms with Crippen LogP contribution < -0.4 is 10.1 Å². The highest BCUT2D eigenvalue weighted by atomic mass is 16.5. The van der Waals surface area contributed by atoms with Gasteiger partial charge in [0.25, 0.3) is 11.8 Å². The number of carbonyl (C=O) groups is 2. The van der Waals surface area contributed by atoms with Crippen LogP contribution in [0.4, 0.5) is 0 Å². The van der Waals surface area contributed by atoms with E-state index in [0.29, 0.717) is 29.2 Å². The molecule has 0 fully saturated rings. The molecule has 0 saturated carbocycles. The Bertz CT molecular complexity index is 1080. The minimum Gasteiger partial charge on any atom is -0.457 e. The molecule has 30 heavy (non-hydrogen) atoms. The number of aromatic nitrogens is 1. The summed E-state index contributed by atoms with van der Waals surface area (Å²) in [5, 5.41) is 2.91. The monoisotopic (exact) mass is 403 g/mol. The maximum atomic E-state index is 12.7. The molecule has 0 spiro atoms. The number of pyridine rings is 1. The smallest absolute Gasteiger partial charge is 0.271 e. The molecular weight excluding hydrogens is 378 g/mol. The van der Waals surface area contributed by atoms with Crippen LogP contribution in [-0.2, 0) is 6.54 Å². The van der Waals surface area contributed by atoms with Crippen LogP contribution in [0.3, 0.4) is 0 Å². The minimum absolute atomic E-state index is 0.202. The zero-order chi connectivity index (χ0) is 21.7. The van der Waals surface area contributed by atoms with Gasteiger partial charge >= 0.3 is 0 Å². The van der Waals surface area contributed by atoms with Crippen LogP contribution in [0.2, 0.25) is 0 Å². The molecule has 0 unspecified atom stereocenters. The quantitative estimate of drug-likeness (QED) is 0.672. The first kappa shape index (κ1) is 21.0. The fourth-order valence-corrected chi connectivity index (χ4v) is 2.98. The van der Waals surface area contributed by atoms with Crippen molar-refractivity contribution >= 4 is 11.8 Å². The lowest BCUT2D eigenvalue weighted by Gasteiger charge is -2.14. The van der Waals surface area contributed by atoms with Crippen molar-refractivity contribution < 1.29 is 14.3 Å². The van der Waals surface area contributed by atoms with Gasteiger partial charge in [0.1, 0.15) is 17.2 Å². The molecule has 1 heterocycles. The van der Waals surface area contributed by atoms with Gasteiger partial charge in [-0.1, -0.05) is 30.3 Å². The summed E-state index contributed by atoms with van der Waals surface area (Å²) in [4.78, 5) is 30.5. The number of aryl methyl sites for hydroxylation is 2. The van der Waals surface area contributed by atoms with Gasteiger partial charge in [-0.15, -0.1) is 0 Å². The molecular formula is C24H25N3O3. The molecule has 0 saturated heterocycles. The van der Waals surface area contributed by atoms with Crippen molar-refractivity contribution in [2.24, 2.45) is 0 Å². The van der Waals surface area contributed by atoms with Crippen molar-refractivity contribution in [2.75, 3.05) is 14.1 Å². The van der Waals surface area contributed by atoms with E-state index in [-0.39, 0.29) is 11.8 Å². The van der Waals surface area contributed by atoms with Gasteiger partial charge in [-0.25, -0.2) is 4.98 Å². The highest BCUT2D eigenvalue weighted by molar-refractivity contribution is 5.97. The SMILES string of the molecule is Cc1cccc(Oc2ccccc2CNC(=O)c2ccc(C(=O)N(C)C)nc2C)c1. The van der Waals surface area contributed by atoms with E-state index in [4.69, 9.17) is 4.74 Å². The summed E-state index contributed by atoms with van der Waals surface area (Å²) in [5.74, 6) is 0.974. The Kier molecular flexibility index (Phi) is 6.47. The van der Waals surface area contributed by atoms with Crippen LogP contribution in [0.25, 0.3) is 0 Å². The van der Waals surface area contributed by atoms with Gasteiger partial charge in [-0.05, 0) is 49.7 Å². The summed E-state index contributed by atoms with van der Waals surface area (Å²) in [6, 6.07) is 18.6. The zero-order valence-corrected chi connectivity index (χ0v) is 17.6. The Labute approximate surface area is 176 Å². The van der Waals surface area contributed by atoms with Crippen molar-refractivity contribution in [3.05, 3.63) is 88.7 Å². The molecule has 0 aliphatic rings. The molecule has 154 valence electrons. The van der Waals surface area contributed by atoms with Gasteiger partial charge in [0.15, 0.2) is 0 Å². The molecule has 0 bridgehead atoms. The maximum Gasteiger partial charge on any atom is 0.271 e. The number of hydrogen-bond donors (Lipinski definition) is 1. The van der Waals surface area contributed by atoms with E-state index in [2.05, 4.69) is 10.3 Å². The van der Waals surface area contributed by atoms with Gasteiger partial charge in [-0.3, -0.25) is 9.59 Å². The summed E-state index contributed by atoms with van der Waals surface area (Å²) in [7, 11) is 3.33. The summed E-state index contributed by atoms with van der Waals surface area (Å²) >= 11 is 0. The molecule has 2 amide bonds. The van der Waals surface area contributed by atoms with Crippen LogP contribution >= 0.6 is 0 Å². The predicted octanol–water partition coefficient (Wildman–Crippen LogP) is 4.12. The lowest BCUT2D eigenvalue weighted by molar-refractivity contribution is 0.0820. The number of amides is 2. The van der Waals surface area contributed by atoms with Crippen LogP contribution in [-0.4, -0.2) is 35.8 Å². The number of para-hydroxylation sites is 1. The zero-order valence-electron chi connectivity index (χ0n) is 17.6. The number of rotatable bonds is 6. The number of nitrogens with one attached hydrogen (secondary N) is 1. The average Bonchev–Trinajstić information content (AvgIpc) is 2.72. The Hall–Kier alpha value is -3.67. The fourth-order valence-electron chi connectivity index (χ4n) is 2.98. The second-order valence-electron chi connectivity index (χ2n) is 7.24. The second-order valence-corrected chi connectivity index (χ2v) is 7.24. The molecule has 1 aromatic heterocycles. The molecule has 2 aromatic carbocycles. The topological polar surface area (TPSA) is 71.5 Å². The first-order valence-electron chi connectivity index (χ1n) is 9.65. The Morgan fingerprint density at radius 3 is 2.47 bits per heavy atom. The Morgan fingerprint density at radius 2 is 1.77 bits per heavy atom. The number of benzene rings is 2. The van der Waals surface area contributed by atoms with Gasteiger partial charge < -0.3 is 15.0 Å². The fraction of sp³-hybridized carbons (Fsp3) is 0.208. The molecule has 1 N–H and O–H groups in total. The number of carbonyl (C=O) groups excluding carboxylic acids is 2. The molecule has 6 heteroatoms. The number of nitrogens with zero attached hydrogens (tertiary/aromatic N) is 2. The van der Waals surface area contributed by atoms with E-state index < -0.39 is 0 Å². The van der Waals surface area contributed by atoms with Gasteiger partial charge in [0.05, 0.1) is 11.3 Å². The highest BCUT2D eigenvalue weighted by Gasteiger charge is 2.15. The van der Waals surface area contributed by atoms with Gasteiger partial charge in [-0.2, -0.15) is 0 Å². The van der Waals surface area contributed by atoms with Crippen LogP contribution in [0, 0.1) is 13.8 Å². The van der Waals surface area contributed by atoms with Crippen molar-refractivity contribution in [1.29, 1.82) is 0 Å². The van der Waals surface area contributed by atoms with Crippen molar-refractivity contribution in [2.45, 2.75) is 20.4 Å². The molecule has 3 rings (SSSR count). The lowest BCUT2D eigenvalue weighted by Crippen LogP contribution is -2.26. The Balaban J connectivity index is 1.72. The average molecular weight is 403 g/mol. The molecule has 3 aromatic rings. The number of ether oxygens (including phenoxy) is 1. The largest absolute Gasteiger partial charge is 0.457 e. The normalized spacial score (nSPS) is 10.4. The second kappa shape index (κ2) is 9.22. The van der Waals surface area contributed by atoms with E-state index in [1.807, 2.05) is 55.5 Å². The third kappa shape index (κ3) is 5.03. The molecule has 0 aliphatic heterocycles. The van der Waals surface area contributed by atoms with Crippen LogP contribution in [0.1, 0.15) is 37.7 Å². The molecule has 6 nitrogen and oxygen atoms in total. The molecule has 0 atom stereocenters. The van der Waals surface area contributed by atoms with E-state index in [1.54, 1.807) is 33.2 Å². The maximum absolute atomic E-state index is 12.7. The van der Waals surface area contributed by atoms with Crippen molar-refractivity contribution in [1.82, 2.24) is 15.2 Å². The third-order valence-corrected chi connectivity index (χ3v) is 4.59. The van der Waals surface area contributed by atoms with Crippen LogP contribution in [0.15, 0.2) is 60.7 Å². The van der Waals surface area contributed by atoms with E-state index >= 15 is 0 Å². The molecule has 0 aliphatic carbocycles. The Morgan fingerprint density at radius 1 is 1.00 bits per heavy atom. The van der Waals surface area contributed by atoms with Gasteiger partial charge in [0.2, 0.25) is 0 Å². The van der Waals surface area contributed by atoms with Crippen molar-refractivity contribution in [3.8, 4) is 11.5 Å². The summed E-state index contributed by atoms with van der Waals surface area (Å²) in [6.07, 6.45) is 0. The van der Waals surface area contributed by atoms with E-state index in [0.717, 1.165) is 16.9 Å². The minimum atomic E-state index is -0.255. The predicted molar refractivity (Wildman–Crippen MR) is 116 cm³/mol. The molecule has 0 radical (unpaired) electrons. The standard InChI is InChI=1S/C24H25N3O3/c1-16-8-7-10-19(14-16)30-22-11-6-5-9-18(22)15-25-23(28)20-12-13-21(26-17(20)2)24(29)27(3)4/h5-14H,15H2,1-4H3,(H,25,28). The lowest BCUT2D eigenvalue weighted by atomic mass is 10.1. The number of hydrogen-bond acceptors (Lipinski definition) is 4. The highest BCUT2D eigenvalue weighted by Crippen LogP contribution is 2.26. The first-order valence-corrected chi connectivity index (χ1v) is 9.65. The summed E-state index contributed by atoms with van der Waals surface area (Å²) in [5.41, 5.74) is 3.22. The first-order chi connectivity index (χ1) is 14.3. The third-order valence-electron chi connectivity index (χ3n) is 4.59. The van der Waals surface area contributed by atoms with Crippen molar-refractivity contribution in [3.63, 3.8) is 0 Å². The summed E-state index contributed by atoms with van der Waals surface area (Å²) in [6.45, 7) is 4.03.